The number of piperidine rings is 1. The van der Waals surface area contributed by atoms with Crippen LogP contribution >= 0.6 is 11.3 Å². The molecule has 200 valence electrons. The molecule has 6 rings (SSSR count). The van der Waals surface area contributed by atoms with Crippen LogP contribution in [0.3, 0.4) is 0 Å². The molecule has 0 radical (unpaired) electrons. The van der Waals surface area contributed by atoms with E-state index < -0.39 is 0 Å². The highest BCUT2D eigenvalue weighted by Gasteiger charge is 2.30. The molecule has 0 spiro atoms. The van der Waals surface area contributed by atoms with Crippen molar-refractivity contribution in [2.45, 2.75) is 63.4 Å². The monoisotopic (exact) mass is 533 g/mol. The second kappa shape index (κ2) is 11.5. The van der Waals surface area contributed by atoms with Gasteiger partial charge in [-0.2, -0.15) is 0 Å². The van der Waals surface area contributed by atoms with Crippen LogP contribution in [0.1, 0.15) is 62.3 Å². The first kappa shape index (κ1) is 25.4. The van der Waals surface area contributed by atoms with E-state index >= 15 is 0 Å². The molecule has 1 saturated heterocycles. The Morgan fingerprint density at radius 3 is 2.24 bits per heavy atom. The molecular formula is C29H35N5O3S. The minimum Gasteiger partial charge on any atom is -0.469 e. The van der Waals surface area contributed by atoms with Gasteiger partial charge in [0, 0.05) is 49.1 Å². The lowest BCUT2D eigenvalue weighted by Gasteiger charge is -2.32. The number of ether oxygens (including phenoxy) is 2. The van der Waals surface area contributed by atoms with Gasteiger partial charge in [-0.3, -0.25) is 4.79 Å². The summed E-state index contributed by atoms with van der Waals surface area (Å²) in [6.07, 6.45) is 12.6. The minimum atomic E-state index is -0.0873. The van der Waals surface area contributed by atoms with Crippen molar-refractivity contribution in [2.24, 2.45) is 11.8 Å². The Kier molecular flexibility index (Phi) is 7.65. The van der Waals surface area contributed by atoms with Crippen LogP contribution in [0.25, 0.3) is 21.7 Å². The van der Waals surface area contributed by atoms with Gasteiger partial charge < -0.3 is 14.4 Å². The first-order valence-electron chi connectivity index (χ1n) is 13.9. The first-order valence-corrected chi connectivity index (χ1v) is 14.7. The summed E-state index contributed by atoms with van der Waals surface area (Å²) in [6.45, 7) is 2.83. The number of aromatic nitrogens is 4. The van der Waals surface area contributed by atoms with E-state index in [1.54, 1.807) is 11.3 Å². The van der Waals surface area contributed by atoms with E-state index in [9.17, 15) is 4.79 Å². The van der Waals surface area contributed by atoms with Gasteiger partial charge in [-0.15, -0.1) is 10.2 Å². The number of esters is 1. The lowest BCUT2D eigenvalue weighted by Crippen LogP contribution is -2.38. The molecule has 1 aliphatic heterocycles. The van der Waals surface area contributed by atoms with Gasteiger partial charge in [-0.1, -0.05) is 35.6 Å². The van der Waals surface area contributed by atoms with Crippen molar-refractivity contribution in [1.82, 2.24) is 20.2 Å². The molecule has 3 fully saturated rings. The topological polar surface area (TPSA) is 90.3 Å². The minimum absolute atomic E-state index is 0.0256. The van der Waals surface area contributed by atoms with Crippen molar-refractivity contribution < 1.29 is 14.3 Å². The van der Waals surface area contributed by atoms with Gasteiger partial charge in [-0.25, -0.2) is 9.97 Å². The summed E-state index contributed by atoms with van der Waals surface area (Å²) in [4.78, 5) is 23.4. The Hall–Kier alpha value is -2.91. The van der Waals surface area contributed by atoms with E-state index in [4.69, 9.17) is 9.47 Å². The SMILES string of the molecule is COC(=O)[C@H]1CC[C@H](c2nnc(-c3ccc(-c4cnc(N5CCC(OCC6CC6)CC5)nc4)cc3)s2)CC1. The summed E-state index contributed by atoms with van der Waals surface area (Å²) in [7, 11) is 1.47. The van der Waals surface area contributed by atoms with Crippen molar-refractivity contribution in [3.05, 3.63) is 41.7 Å². The average Bonchev–Trinajstić information content (AvgIpc) is 3.69. The van der Waals surface area contributed by atoms with E-state index in [2.05, 4.69) is 49.3 Å². The van der Waals surface area contributed by atoms with Crippen LogP contribution in [0.4, 0.5) is 5.95 Å². The summed E-state index contributed by atoms with van der Waals surface area (Å²) in [5, 5.41) is 10.9. The quantitative estimate of drug-likeness (QED) is 0.351. The van der Waals surface area contributed by atoms with Crippen molar-refractivity contribution in [3.8, 4) is 21.7 Å². The van der Waals surface area contributed by atoms with Gasteiger partial charge in [0.15, 0.2) is 0 Å². The van der Waals surface area contributed by atoms with Crippen molar-refractivity contribution >= 4 is 23.3 Å². The molecule has 0 unspecified atom stereocenters. The van der Waals surface area contributed by atoms with E-state index in [1.165, 1.54) is 20.0 Å². The van der Waals surface area contributed by atoms with E-state index in [1.807, 2.05) is 12.4 Å². The zero-order chi connectivity index (χ0) is 25.9. The maximum atomic E-state index is 11.8. The fourth-order valence-electron chi connectivity index (χ4n) is 5.48. The second-order valence-corrected chi connectivity index (χ2v) is 11.8. The number of carbonyl (C=O) groups is 1. The number of carbonyl (C=O) groups excluding carboxylic acids is 1. The zero-order valence-corrected chi connectivity index (χ0v) is 22.7. The molecule has 0 amide bonds. The van der Waals surface area contributed by atoms with Gasteiger partial charge in [0.2, 0.25) is 5.95 Å². The molecule has 0 bridgehead atoms. The van der Waals surface area contributed by atoms with Crippen molar-refractivity contribution in [3.63, 3.8) is 0 Å². The Balaban J connectivity index is 1.03. The van der Waals surface area contributed by atoms with Crippen molar-refractivity contribution in [1.29, 1.82) is 0 Å². The number of methoxy groups -OCH3 is 1. The number of hydrogen-bond donors (Lipinski definition) is 0. The normalized spacial score (nSPS) is 22.4. The van der Waals surface area contributed by atoms with Crippen molar-refractivity contribution in [2.75, 3.05) is 31.7 Å². The Bertz CT molecular complexity index is 1210. The average molecular weight is 534 g/mol. The first-order chi connectivity index (χ1) is 18.7. The Morgan fingerprint density at radius 2 is 1.58 bits per heavy atom. The highest BCUT2D eigenvalue weighted by molar-refractivity contribution is 7.14. The summed E-state index contributed by atoms with van der Waals surface area (Å²) < 4.78 is 11.0. The summed E-state index contributed by atoms with van der Waals surface area (Å²) in [5.41, 5.74) is 3.15. The van der Waals surface area contributed by atoms with Gasteiger partial charge >= 0.3 is 5.97 Å². The predicted octanol–water partition coefficient (Wildman–Crippen LogP) is 5.50. The highest BCUT2D eigenvalue weighted by Crippen LogP contribution is 2.39. The van der Waals surface area contributed by atoms with Crippen LogP contribution in [0.5, 0.6) is 0 Å². The molecule has 3 aromatic rings. The molecule has 3 aliphatic rings. The second-order valence-electron chi connectivity index (χ2n) is 10.8. The van der Waals surface area contributed by atoms with Gasteiger partial charge in [-0.05, 0) is 62.8 Å². The molecule has 1 aromatic carbocycles. The van der Waals surface area contributed by atoms with Crippen LogP contribution in [0.2, 0.25) is 0 Å². The number of hydrogen-bond acceptors (Lipinski definition) is 9. The van der Waals surface area contributed by atoms with E-state index in [0.29, 0.717) is 12.0 Å². The molecule has 9 heteroatoms. The van der Waals surface area contributed by atoms with Crippen LogP contribution in [0.15, 0.2) is 36.7 Å². The van der Waals surface area contributed by atoms with Crippen LogP contribution < -0.4 is 4.90 Å². The number of rotatable bonds is 8. The number of nitrogens with zero attached hydrogens (tertiary/aromatic N) is 5. The third-order valence-electron chi connectivity index (χ3n) is 8.14. The number of benzene rings is 1. The number of anilines is 1. The maximum Gasteiger partial charge on any atom is 0.308 e. The Labute approximate surface area is 227 Å². The summed E-state index contributed by atoms with van der Waals surface area (Å²) in [6, 6.07) is 8.38. The van der Waals surface area contributed by atoms with Gasteiger partial charge in [0.25, 0.3) is 0 Å². The fourth-order valence-corrected chi connectivity index (χ4v) is 6.49. The van der Waals surface area contributed by atoms with E-state index in [0.717, 1.165) is 96.8 Å². The molecular weight excluding hydrogens is 498 g/mol. The molecule has 0 N–H and O–H groups in total. The molecule has 2 aromatic heterocycles. The van der Waals surface area contributed by atoms with Crippen LogP contribution in [0, 0.1) is 11.8 Å². The highest BCUT2D eigenvalue weighted by atomic mass is 32.1. The Morgan fingerprint density at radius 1 is 0.895 bits per heavy atom. The lowest BCUT2D eigenvalue weighted by molar-refractivity contribution is -0.146. The standard InChI is InChI=1S/C29H35N5O3S/c1-36-28(35)23-10-8-22(9-11-23)27-33-32-26(38-27)21-6-4-20(5-7-21)24-16-30-29(31-17-24)34-14-12-25(13-15-34)37-18-19-2-3-19/h4-7,16-17,19,22-23,25H,2-3,8-15,18H2,1H3/t22-,23-. The predicted molar refractivity (Wildman–Crippen MR) is 147 cm³/mol. The summed E-state index contributed by atoms with van der Waals surface area (Å²) >= 11 is 1.66. The fraction of sp³-hybridized carbons (Fsp3) is 0.552. The summed E-state index contributed by atoms with van der Waals surface area (Å²) in [5.74, 6) is 1.93. The third-order valence-corrected chi connectivity index (χ3v) is 9.28. The van der Waals surface area contributed by atoms with Crippen LogP contribution in [-0.4, -0.2) is 59.0 Å². The molecule has 2 aliphatic carbocycles. The molecule has 38 heavy (non-hydrogen) atoms. The molecule has 0 atom stereocenters. The molecule has 8 nitrogen and oxygen atoms in total. The van der Waals surface area contributed by atoms with E-state index in [-0.39, 0.29) is 11.9 Å². The van der Waals surface area contributed by atoms with Gasteiger partial charge in [0.05, 0.1) is 19.1 Å². The smallest absolute Gasteiger partial charge is 0.308 e. The third kappa shape index (κ3) is 5.89. The maximum absolute atomic E-state index is 11.8. The molecule has 2 saturated carbocycles. The zero-order valence-electron chi connectivity index (χ0n) is 21.9. The van der Waals surface area contributed by atoms with Crippen LogP contribution in [-0.2, 0) is 14.3 Å². The lowest BCUT2D eigenvalue weighted by atomic mass is 9.82. The molecule has 3 heterocycles. The largest absolute Gasteiger partial charge is 0.469 e. The van der Waals surface area contributed by atoms with Gasteiger partial charge in [0.1, 0.15) is 10.0 Å².